The lowest BCUT2D eigenvalue weighted by molar-refractivity contribution is -0.115. The summed E-state index contributed by atoms with van der Waals surface area (Å²) in [6.07, 6.45) is 4.96. The largest absolute Gasteiger partial charge is 0.325 e. The lowest BCUT2D eigenvalue weighted by Gasteiger charge is -2.12. The van der Waals surface area contributed by atoms with Gasteiger partial charge in [0.05, 0.1) is 16.9 Å². The fourth-order valence-corrected chi connectivity index (χ4v) is 5.32. The smallest absolute Gasteiger partial charge is 0.237 e. The first-order valence-corrected chi connectivity index (χ1v) is 10.1. The van der Waals surface area contributed by atoms with Crippen LogP contribution < -0.4 is 5.32 Å². The molecule has 0 aliphatic heterocycles. The molecule has 7 heteroatoms. The molecule has 0 saturated heterocycles. The monoisotopic (exact) mass is 380 g/mol. The molecule has 0 fully saturated rings. The van der Waals surface area contributed by atoms with Crippen LogP contribution in [-0.2, 0) is 17.6 Å². The van der Waals surface area contributed by atoms with E-state index in [0.29, 0.717) is 11.3 Å². The summed E-state index contributed by atoms with van der Waals surface area (Å²) in [5.41, 5.74) is 2.62. The number of hydrogen-bond donors (Lipinski definition) is 1. The van der Waals surface area contributed by atoms with Crippen molar-refractivity contribution in [1.29, 1.82) is 5.26 Å². The average Bonchev–Trinajstić information content (AvgIpc) is 3.23. The van der Waals surface area contributed by atoms with Crippen LogP contribution >= 0.6 is 23.1 Å². The van der Waals surface area contributed by atoms with Crippen molar-refractivity contribution in [1.82, 2.24) is 9.97 Å². The third-order valence-electron chi connectivity index (χ3n) is 4.41. The molecule has 2 heterocycles. The number of aryl methyl sites for hydroxylation is 2. The summed E-state index contributed by atoms with van der Waals surface area (Å²) in [6.45, 7) is 1.88. The zero-order chi connectivity index (χ0) is 18.1. The number of thiophene rings is 1. The number of nitrogens with zero attached hydrogens (tertiary/aromatic N) is 3. The number of carbonyl (C=O) groups is 1. The van der Waals surface area contributed by atoms with Crippen molar-refractivity contribution in [2.45, 2.75) is 36.5 Å². The van der Waals surface area contributed by atoms with Crippen LogP contribution in [0.2, 0.25) is 0 Å². The first-order valence-electron chi connectivity index (χ1n) is 8.38. The number of amides is 1. The summed E-state index contributed by atoms with van der Waals surface area (Å²) < 4.78 is 0. The third-order valence-corrected chi connectivity index (χ3v) is 6.71. The van der Waals surface area contributed by atoms with Crippen LogP contribution in [0, 0.1) is 11.3 Å². The Kier molecular flexibility index (Phi) is 4.62. The number of nitriles is 1. The molecule has 1 N–H and O–H groups in total. The second-order valence-corrected chi connectivity index (χ2v) is 8.57. The van der Waals surface area contributed by atoms with E-state index < -0.39 is 0 Å². The topological polar surface area (TPSA) is 78.7 Å². The Labute approximate surface area is 159 Å². The van der Waals surface area contributed by atoms with Gasteiger partial charge in [-0.3, -0.25) is 4.79 Å². The van der Waals surface area contributed by atoms with Gasteiger partial charge in [0.2, 0.25) is 5.91 Å². The van der Waals surface area contributed by atoms with E-state index in [-0.39, 0.29) is 11.2 Å². The minimum absolute atomic E-state index is 0.0849. The zero-order valence-electron chi connectivity index (χ0n) is 14.2. The Morgan fingerprint density at radius 1 is 1.31 bits per heavy atom. The third kappa shape index (κ3) is 3.18. The fraction of sp³-hybridized carbons (Fsp3) is 0.263. The lowest BCUT2D eigenvalue weighted by atomic mass is 10.2. The van der Waals surface area contributed by atoms with Gasteiger partial charge in [0.15, 0.2) is 0 Å². The molecule has 1 aromatic carbocycles. The molecule has 1 atom stereocenters. The number of carbonyl (C=O) groups excluding carboxylic acids is 1. The first-order chi connectivity index (χ1) is 12.7. The van der Waals surface area contributed by atoms with Gasteiger partial charge in [-0.1, -0.05) is 11.8 Å². The Morgan fingerprint density at radius 2 is 2.12 bits per heavy atom. The minimum Gasteiger partial charge on any atom is -0.325 e. The van der Waals surface area contributed by atoms with Gasteiger partial charge in [-0.2, -0.15) is 5.26 Å². The van der Waals surface area contributed by atoms with Crippen LogP contribution in [0.1, 0.15) is 29.3 Å². The quantitative estimate of drug-likeness (QED) is 0.543. The Bertz CT molecular complexity index is 1020. The zero-order valence-corrected chi connectivity index (χ0v) is 15.8. The number of nitrogens with one attached hydrogen (secondary N) is 1. The van der Waals surface area contributed by atoms with Crippen LogP contribution in [0.15, 0.2) is 35.6 Å². The van der Waals surface area contributed by atoms with E-state index in [4.69, 9.17) is 5.26 Å². The van der Waals surface area contributed by atoms with Gasteiger partial charge in [0.1, 0.15) is 16.2 Å². The number of hydrogen-bond acceptors (Lipinski definition) is 6. The summed E-state index contributed by atoms with van der Waals surface area (Å²) in [7, 11) is 0. The Hall–Kier alpha value is -2.43. The molecule has 1 amide bonds. The number of fused-ring (bicyclic) bond motifs is 3. The minimum atomic E-state index is -0.291. The fourth-order valence-electron chi connectivity index (χ4n) is 3.08. The number of aromatic nitrogens is 2. The second kappa shape index (κ2) is 7.06. The Balaban J connectivity index is 1.52. The molecule has 4 rings (SSSR count). The van der Waals surface area contributed by atoms with Crippen molar-refractivity contribution in [2.24, 2.45) is 0 Å². The Morgan fingerprint density at radius 3 is 2.88 bits per heavy atom. The van der Waals surface area contributed by atoms with Crippen molar-refractivity contribution in [3.05, 3.63) is 46.6 Å². The number of thioether (sulfide) groups is 1. The highest BCUT2D eigenvalue weighted by atomic mass is 32.2. The van der Waals surface area contributed by atoms with Gasteiger partial charge in [-0.15, -0.1) is 11.3 Å². The maximum absolute atomic E-state index is 12.5. The van der Waals surface area contributed by atoms with Crippen molar-refractivity contribution < 1.29 is 4.79 Å². The van der Waals surface area contributed by atoms with Gasteiger partial charge in [-0.05, 0) is 56.0 Å². The number of benzene rings is 1. The first kappa shape index (κ1) is 17.0. The summed E-state index contributed by atoms with van der Waals surface area (Å²) in [4.78, 5) is 23.8. The van der Waals surface area contributed by atoms with E-state index in [9.17, 15) is 4.79 Å². The molecule has 0 spiro atoms. The number of anilines is 1. The van der Waals surface area contributed by atoms with E-state index in [1.54, 1.807) is 41.9 Å². The molecule has 2 aromatic heterocycles. The van der Waals surface area contributed by atoms with Gasteiger partial charge in [0.25, 0.3) is 0 Å². The van der Waals surface area contributed by atoms with Gasteiger partial charge < -0.3 is 5.32 Å². The highest BCUT2D eigenvalue weighted by Gasteiger charge is 2.23. The van der Waals surface area contributed by atoms with Gasteiger partial charge >= 0.3 is 0 Å². The molecule has 3 aromatic rings. The van der Waals surface area contributed by atoms with Crippen LogP contribution in [0.25, 0.3) is 10.2 Å². The predicted octanol–water partition coefficient (Wildman–Crippen LogP) is 4.17. The van der Waals surface area contributed by atoms with Crippen molar-refractivity contribution >= 4 is 44.9 Å². The highest BCUT2D eigenvalue weighted by Crippen LogP contribution is 2.40. The van der Waals surface area contributed by atoms with E-state index in [1.807, 2.05) is 6.92 Å². The molecule has 0 unspecified atom stereocenters. The van der Waals surface area contributed by atoms with E-state index in [2.05, 4.69) is 21.4 Å². The molecular weight excluding hydrogens is 364 g/mol. The SMILES string of the molecule is C[C@@H](Sc1ncnc2sc3c(c12)CCC3)C(=O)Nc1ccc(C#N)cc1. The summed E-state index contributed by atoms with van der Waals surface area (Å²) >= 11 is 3.22. The highest BCUT2D eigenvalue weighted by molar-refractivity contribution is 8.00. The van der Waals surface area contributed by atoms with E-state index >= 15 is 0 Å². The molecule has 1 aliphatic rings. The average molecular weight is 380 g/mol. The molecular formula is C19H16N4OS2. The van der Waals surface area contributed by atoms with Crippen LogP contribution in [0.5, 0.6) is 0 Å². The molecule has 130 valence electrons. The standard InChI is InChI=1S/C19H16N4OS2/c1-11(17(24)23-13-7-5-12(9-20)6-8-13)25-18-16-14-3-2-4-15(14)26-19(16)22-10-21-18/h5-8,10-11H,2-4H2,1H3,(H,23,24)/t11-/m1/s1. The molecule has 0 radical (unpaired) electrons. The van der Waals surface area contributed by atoms with Crippen molar-refractivity contribution in [3.63, 3.8) is 0 Å². The predicted molar refractivity (Wildman–Crippen MR) is 105 cm³/mol. The summed E-state index contributed by atoms with van der Waals surface area (Å²) in [5, 5.41) is 13.5. The van der Waals surface area contributed by atoms with Crippen LogP contribution in [0.3, 0.4) is 0 Å². The maximum atomic E-state index is 12.5. The van der Waals surface area contributed by atoms with Crippen LogP contribution in [0.4, 0.5) is 5.69 Å². The normalized spacial score (nSPS) is 14.0. The summed E-state index contributed by atoms with van der Waals surface area (Å²) in [5.74, 6) is -0.0849. The molecule has 26 heavy (non-hydrogen) atoms. The van der Waals surface area contributed by atoms with Gasteiger partial charge in [0, 0.05) is 16.0 Å². The van der Waals surface area contributed by atoms with E-state index in [1.165, 1.54) is 28.6 Å². The van der Waals surface area contributed by atoms with Crippen molar-refractivity contribution in [2.75, 3.05) is 5.32 Å². The molecule has 0 saturated carbocycles. The summed E-state index contributed by atoms with van der Waals surface area (Å²) in [6, 6.07) is 8.93. The van der Waals surface area contributed by atoms with Crippen molar-refractivity contribution in [3.8, 4) is 6.07 Å². The molecule has 0 bridgehead atoms. The van der Waals surface area contributed by atoms with Crippen LogP contribution in [-0.4, -0.2) is 21.1 Å². The maximum Gasteiger partial charge on any atom is 0.237 e. The second-order valence-electron chi connectivity index (χ2n) is 6.15. The number of rotatable bonds is 4. The molecule has 1 aliphatic carbocycles. The lowest BCUT2D eigenvalue weighted by Crippen LogP contribution is -2.22. The molecule has 5 nitrogen and oxygen atoms in total. The van der Waals surface area contributed by atoms with Gasteiger partial charge in [-0.25, -0.2) is 9.97 Å². The van der Waals surface area contributed by atoms with E-state index in [0.717, 1.165) is 28.1 Å².